The number of esters is 1. The Morgan fingerprint density at radius 2 is 0.415 bits per heavy atom. The number of ether oxygens (including phenoxy) is 1. The van der Waals surface area contributed by atoms with E-state index >= 15 is 0 Å². The maximum atomic E-state index is 13.1. The van der Waals surface area contributed by atoms with Crippen molar-refractivity contribution in [3.05, 3.63) is 12.7 Å². The first-order valence-corrected chi connectivity index (χ1v) is 60.7. The Morgan fingerprint density at radius 1 is 0.238 bits per heavy atom. The summed E-state index contributed by atoms with van der Waals surface area (Å²) in [4.78, 5) is 13.1. The van der Waals surface area contributed by atoms with E-state index < -0.39 is 116 Å². The number of rotatable bonds is 30. The van der Waals surface area contributed by atoms with Gasteiger partial charge < -0.3 is 37.7 Å². The van der Waals surface area contributed by atoms with Crippen molar-refractivity contribution in [2.75, 3.05) is 6.61 Å². The molecular formula is C108H54O10Si12. The molecule has 0 aliphatic rings. The van der Waals surface area contributed by atoms with E-state index in [4.69, 9.17) is 134 Å². The lowest BCUT2D eigenvalue weighted by atomic mass is 10.5. The molecular weight excluding hydrogens is 1790 g/mol. The van der Waals surface area contributed by atoms with E-state index in [1.54, 1.807) is 0 Å². The fourth-order valence-corrected chi connectivity index (χ4v) is 50.8. The Labute approximate surface area is 787 Å². The van der Waals surface area contributed by atoms with Gasteiger partial charge in [-0.25, -0.2) is 4.79 Å². The minimum Gasteiger partial charge on any atom is -0.463 e. The highest BCUT2D eigenvalue weighted by Crippen LogP contribution is 2.38. The molecule has 130 heavy (non-hydrogen) atoms. The minimum atomic E-state index is -5.67. The molecule has 0 aromatic carbocycles. The second-order valence-corrected chi connectivity index (χ2v) is 58.3. The van der Waals surface area contributed by atoms with Crippen molar-refractivity contribution in [3.8, 4) is 535 Å². The Kier molecular flexibility index (Phi) is 57.8. The average molecular weight is 1850 g/mol. The number of hydrogen-bond acceptors (Lipinski definition) is 10. The van der Waals surface area contributed by atoms with E-state index in [1.807, 2.05) is 39.3 Å². The molecule has 0 rings (SSSR count). The standard InChI is InChI=1S/C108H54O10Si12/c1-23-39-54-69-88-124(89-70-55-40-24-2,90-71-56-41-25-3)111-119-86-104-121(17,18)113-129(103-84-85-110-108(109)38-16,114-122(19,20)105-87-120-112-125(91-72-57-42-26-4,92-73-58-43-27-5)93-74-59-44-28-6)115-123(21,22)106-107-130(116-126(94-75-60-45-29-7,95-76-61-46-30-8)96-77-62-47-31-9,117-127(97-78-63-48-32-10,98-79-64-49-33-11)99-80-65-50-34-12)118-128(100-81-66-51-35-13,101-82-67-52-36-14)102-83-68-53-37-15/h1-15,38H,16,84-87,103-107H2,17-22H3. The van der Waals surface area contributed by atoms with Crippen LogP contribution in [0.3, 0.4) is 0 Å². The molecule has 0 aromatic rings. The van der Waals surface area contributed by atoms with Gasteiger partial charge in [0.05, 0.1) is 6.61 Å². The highest BCUT2D eigenvalue weighted by Gasteiger charge is 2.60. The largest absolute Gasteiger partial charge is 0.475 e. The number of terminal acetylenes is 15. The molecule has 0 aliphatic carbocycles. The fourth-order valence-electron chi connectivity index (χ4n) is 8.19. The number of carbonyl (C=O) groups excluding carboxylic acids is 1. The topological polar surface area (TPSA) is 100 Å². The van der Waals surface area contributed by atoms with Crippen molar-refractivity contribution < 1.29 is 42.5 Å². The van der Waals surface area contributed by atoms with Crippen molar-refractivity contribution in [1.82, 2.24) is 0 Å². The van der Waals surface area contributed by atoms with Gasteiger partial charge in [-0.3, -0.25) is 0 Å². The molecule has 10 nitrogen and oxygen atoms in total. The summed E-state index contributed by atoms with van der Waals surface area (Å²) in [7, 11) is -44.5. The van der Waals surface area contributed by atoms with Crippen molar-refractivity contribution in [2.24, 2.45) is 0 Å². The molecule has 594 valence electrons. The molecule has 0 aliphatic heterocycles. The maximum Gasteiger partial charge on any atom is 0.475 e. The summed E-state index contributed by atoms with van der Waals surface area (Å²) in [6.45, 7) is 14.8. The Hall–Kier alpha value is -18.3. The van der Waals surface area contributed by atoms with Crippen molar-refractivity contribution in [2.45, 2.75) is 88.0 Å². The monoisotopic (exact) mass is 1850 g/mol. The van der Waals surface area contributed by atoms with Gasteiger partial charge in [0.1, 0.15) is 0 Å². The van der Waals surface area contributed by atoms with Crippen LogP contribution in [-0.2, 0) is 42.5 Å². The van der Waals surface area contributed by atoms with E-state index in [0.717, 1.165) is 6.08 Å². The summed E-state index contributed by atoms with van der Waals surface area (Å²) in [6.07, 6.45) is 84.8. The second kappa shape index (κ2) is 67.3. The lowest BCUT2D eigenvalue weighted by Gasteiger charge is -2.46. The molecule has 0 heterocycles. The Bertz CT molecular complexity index is 6250. The summed E-state index contributed by atoms with van der Waals surface area (Å²) in [6, 6.07) is 0.292. The quantitative estimate of drug-likeness (QED) is 0.0342. The van der Waals surface area contributed by atoms with Gasteiger partial charge in [0.25, 0.3) is 0 Å². The molecule has 0 saturated heterocycles. The molecule has 0 bridgehead atoms. The third kappa shape index (κ3) is 52.1. The highest BCUT2D eigenvalue weighted by molar-refractivity contribution is 7.08. The Morgan fingerprint density at radius 3 is 0.600 bits per heavy atom. The highest BCUT2D eigenvalue weighted by atomic mass is 28.5. The molecule has 0 amide bonds. The normalized spacial score (nSPS) is 8.30. The van der Waals surface area contributed by atoms with Gasteiger partial charge >= 0.3 is 65.2 Å². The van der Waals surface area contributed by atoms with Crippen molar-refractivity contribution in [1.29, 1.82) is 0 Å². The molecule has 0 saturated carbocycles. The van der Waals surface area contributed by atoms with Crippen LogP contribution in [0, 0.1) is 535 Å². The summed E-state index contributed by atoms with van der Waals surface area (Å²) in [5.41, 5.74) is 44.9. The van der Waals surface area contributed by atoms with Crippen LogP contribution in [0.2, 0.25) is 81.6 Å². The number of hydrogen-bond donors (Lipinski definition) is 0. The molecule has 0 N–H and O–H groups in total. The summed E-state index contributed by atoms with van der Waals surface area (Å²) < 4.78 is 65.8. The van der Waals surface area contributed by atoms with E-state index in [2.05, 4.69) is 445 Å². The van der Waals surface area contributed by atoms with E-state index in [0.29, 0.717) is 12.1 Å². The van der Waals surface area contributed by atoms with E-state index in [-0.39, 0.29) is 37.2 Å². The van der Waals surface area contributed by atoms with Gasteiger partial charge in [-0.05, 0) is 431 Å². The van der Waals surface area contributed by atoms with Gasteiger partial charge in [-0.1, -0.05) is 89.7 Å². The average Bonchev–Trinajstić information content (AvgIpc) is 0.743. The van der Waals surface area contributed by atoms with Gasteiger partial charge in [-0.15, -0.1) is 96.4 Å². The van der Waals surface area contributed by atoms with Crippen LogP contribution in [0.15, 0.2) is 12.7 Å². The predicted molar refractivity (Wildman–Crippen MR) is 538 cm³/mol. The molecule has 0 unspecified atom stereocenters. The van der Waals surface area contributed by atoms with Crippen LogP contribution >= 0.6 is 0 Å². The molecule has 0 fully saturated rings. The van der Waals surface area contributed by atoms with Crippen LogP contribution in [0.4, 0.5) is 0 Å². The lowest BCUT2D eigenvalue weighted by molar-refractivity contribution is -0.137. The number of carbonyl (C=O) groups is 1. The smallest absolute Gasteiger partial charge is 0.463 e. The fraction of sp³-hybridized carbons (Fsp3) is 0.139. The zero-order valence-electron chi connectivity index (χ0n) is 70.4. The first-order valence-electron chi connectivity index (χ1n) is 35.7. The van der Waals surface area contributed by atoms with Gasteiger partial charge in [0.2, 0.25) is 19.5 Å². The van der Waals surface area contributed by atoms with Crippen LogP contribution in [-0.4, -0.2) is 116 Å². The van der Waals surface area contributed by atoms with E-state index in [9.17, 15) is 4.79 Å². The van der Waals surface area contributed by atoms with Crippen LogP contribution in [0.1, 0.15) is 6.42 Å². The SMILES string of the molecule is C#CC#CC#C[Si](C#CC#CC#C)(C#CC#CC#C)O[Si]CC[Si](C)(C)O[Si](CCCOC(=O)C=C)(O[Si](C)(C)CC[Si]O[Si](C#CC#CC#C)(C#CC#CC#C)C#CC#CC#C)O[Si](C)(C)CC[Si](O[Si](C#CC#CC#C)(C#CC#CC#C)C#CC#CC#C)(O[Si](C#CC#CC#C)(C#CC#CC#C)C#CC#CC#C)O[Si](C#CC#CC#C)(C#CC#CC#C)C#CC#CC#C. The second-order valence-electron chi connectivity index (χ2n) is 23.8. The van der Waals surface area contributed by atoms with Gasteiger partial charge in [0, 0.05) is 18.2 Å². The predicted octanol–water partition coefficient (Wildman–Crippen LogP) is 4.22. The van der Waals surface area contributed by atoms with Crippen LogP contribution in [0.5, 0.6) is 0 Å². The maximum absolute atomic E-state index is 13.1. The molecule has 4 radical (unpaired) electrons. The van der Waals surface area contributed by atoms with E-state index in [1.165, 1.54) is 0 Å². The molecule has 22 heteroatoms. The van der Waals surface area contributed by atoms with Crippen LogP contribution in [0.25, 0.3) is 0 Å². The molecule has 0 aromatic heterocycles. The summed E-state index contributed by atoms with van der Waals surface area (Å²) >= 11 is 0. The lowest BCUT2D eigenvalue weighted by Crippen LogP contribution is -2.65. The van der Waals surface area contributed by atoms with Crippen molar-refractivity contribution in [3.63, 3.8) is 0 Å². The van der Waals surface area contributed by atoms with Gasteiger partial charge in [0.15, 0.2) is 25.0 Å². The van der Waals surface area contributed by atoms with Crippen molar-refractivity contribution >= 4 is 110 Å². The first-order chi connectivity index (χ1) is 62.7. The summed E-state index contributed by atoms with van der Waals surface area (Å²) in [5.74, 6) is 149. The third-order valence-corrected chi connectivity index (χ3v) is 50.1. The zero-order chi connectivity index (χ0) is 96.5. The Balaban J connectivity index is 11.4. The first kappa shape index (κ1) is 112. The third-order valence-electron chi connectivity index (χ3n) is 12.9. The zero-order valence-corrected chi connectivity index (χ0v) is 82.4. The molecule has 0 atom stereocenters. The molecule has 0 spiro atoms. The minimum absolute atomic E-state index is 0.0398. The summed E-state index contributed by atoms with van der Waals surface area (Å²) in [5, 5.41) is 0. The van der Waals surface area contributed by atoms with Crippen LogP contribution < -0.4 is 0 Å². The van der Waals surface area contributed by atoms with Gasteiger partial charge in [-0.2, -0.15) is 0 Å².